The van der Waals surface area contributed by atoms with Crippen molar-refractivity contribution in [1.82, 2.24) is 10.3 Å². The highest BCUT2D eigenvalue weighted by Crippen LogP contribution is 2.34. The molecule has 1 aliphatic rings. The first-order valence-electron chi connectivity index (χ1n) is 12.2. The van der Waals surface area contributed by atoms with Gasteiger partial charge in [0.15, 0.2) is 0 Å². The van der Waals surface area contributed by atoms with Gasteiger partial charge in [0.25, 0.3) is 5.91 Å². The Balaban J connectivity index is 1.48. The summed E-state index contributed by atoms with van der Waals surface area (Å²) in [6.45, 7) is 6.89. The van der Waals surface area contributed by atoms with Crippen LogP contribution in [-0.4, -0.2) is 29.9 Å². The number of anilines is 1. The molecule has 6 heteroatoms. The molecule has 2 heterocycles. The Morgan fingerprint density at radius 1 is 1.11 bits per heavy atom. The standard InChI is InChI=1S/C29H32FN3O2/c1-19-15-25(28(34)32-13-10-22-8-11-31-12-9-22)16-20(2)27(19)33-18-23(14-21(3)29(33)35)17-24-6-4-5-7-26(24)30/h4-9,11-12,15-16,21,23H,10,13-14,17-18H2,1-3H3,(H,32,34)/t21-,23-/m1/s1. The van der Waals surface area contributed by atoms with Gasteiger partial charge in [0.2, 0.25) is 5.91 Å². The van der Waals surface area contributed by atoms with E-state index in [4.69, 9.17) is 0 Å². The van der Waals surface area contributed by atoms with Gasteiger partial charge in [-0.3, -0.25) is 14.6 Å². The van der Waals surface area contributed by atoms with Crippen molar-refractivity contribution in [3.63, 3.8) is 0 Å². The van der Waals surface area contributed by atoms with Gasteiger partial charge >= 0.3 is 0 Å². The van der Waals surface area contributed by atoms with E-state index in [1.807, 2.05) is 62.1 Å². The van der Waals surface area contributed by atoms with Gasteiger partial charge in [0.1, 0.15) is 5.82 Å². The molecule has 2 aromatic carbocycles. The minimum Gasteiger partial charge on any atom is -0.352 e. The van der Waals surface area contributed by atoms with Gasteiger partial charge in [-0.15, -0.1) is 0 Å². The third-order valence-corrected chi connectivity index (χ3v) is 6.75. The van der Waals surface area contributed by atoms with E-state index in [0.717, 1.165) is 35.2 Å². The fourth-order valence-corrected chi connectivity index (χ4v) is 5.10. The lowest BCUT2D eigenvalue weighted by Gasteiger charge is -2.38. The zero-order chi connectivity index (χ0) is 24.9. The number of aromatic nitrogens is 1. The topological polar surface area (TPSA) is 62.3 Å². The first kappa shape index (κ1) is 24.6. The number of benzene rings is 2. The first-order chi connectivity index (χ1) is 16.8. The van der Waals surface area contributed by atoms with Gasteiger partial charge in [0.05, 0.1) is 0 Å². The Morgan fingerprint density at radius 3 is 2.49 bits per heavy atom. The largest absolute Gasteiger partial charge is 0.352 e. The van der Waals surface area contributed by atoms with Gasteiger partial charge in [-0.05, 0) is 91.6 Å². The predicted molar refractivity (Wildman–Crippen MR) is 136 cm³/mol. The molecule has 0 aliphatic carbocycles. The van der Waals surface area contributed by atoms with Crippen molar-refractivity contribution in [3.05, 3.63) is 94.6 Å². The highest BCUT2D eigenvalue weighted by molar-refractivity contribution is 5.99. The Hall–Kier alpha value is -3.54. The second-order valence-electron chi connectivity index (χ2n) is 9.57. The Morgan fingerprint density at radius 2 is 1.80 bits per heavy atom. The predicted octanol–water partition coefficient (Wildman–Crippen LogP) is 5.04. The molecule has 3 aromatic rings. The second kappa shape index (κ2) is 10.8. The number of carbonyl (C=O) groups is 2. The van der Waals surface area contributed by atoms with Crippen LogP contribution in [0.2, 0.25) is 0 Å². The van der Waals surface area contributed by atoms with E-state index >= 15 is 0 Å². The first-order valence-corrected chi connectivity index (χ1v) is 12.2. The molecule has 5 nitrogen and oxygen atoms in total. The quantitative estimate of drug-likeness (QED) is 0.523. The molecule has 0 unspecified atom stereocenters. The fourth-order valence-electron chi connectivity index (χ4n) is 5.10. The Bertz CT molecular complexity index is 1190. The summed E-state index contributed by atoms with van der Waals surface area (Å²) >= 11 is 0. The molecular formula is C29H32FN3O2. The normalized spacial score (nSPS) is 17.9. The number of carbonyl (C=O) groups excluding carboxylic acids is 2. The maximum Gasteiger partial charge on any atom is 0.251 e. The van der Waals surface area contributed by atoms with Crippen LogP contribution in [0.15, 0.2) is 60.9 Å². The molecule has 35 heavy (non-hydrogen) atoms. The van der Waals surface area contributed by atoms with E-state index in [1.54, 1.807) is 18.5 Å². The summed E-state index contributed by atoms with van der Waals surface area (Å²) in [4.78, 5) is 31.8. The fraction of sp³-hybridized carbons (Fsp3) is 0.345. The number of piperidine rings is 1. The summed E-state index contributed by atoms with van der Waals surface area (Å²) in [6.07, 6.45) is 5.54. The highest BCUT2D eigenvalue weighted by atomic mass is 19.1. The lowest BCUT2D eigenvalue weighted by molar-refractivity contribution is -0.124. The highest BCUT2D eigenvalue weighted by Gasteiger charge is 2.34. The van der Waals surface area contributed by atoms with E-state index in [2.05, 4.69) is 10.3 Å². The van der Waals surface area contributed by atoms with Crippen molar-refractivity contribution in [1.29, 1.82) is 0 Å². The average Bonchev–Trinajstić information content (AvgIpc) is 2.83. The van der Waals surface area contributed by atoms with Gasteiger partial charge in [-0.1, -0.05) is 25.1 Å². The summed E-state index contributed by atoms with van der Waals surface area (Å²) in [5.41, 5.74) is 5.01. The van der Waals surface area contributed by atoms with Gasteiger partial charge < -0.3 is 10.2 Å². The smallest absolute Gasteiger partial charge is 0.251 e. The number of nitrogens with one attached hydrogen (secondary N) is 1. The third kappa shape index (κ3) is 5.76. The molecule has 0 saturated carbocycles. The minimum atomic E-state index is -0.199. The summed E-state index contributed by atoms with van der Waals surface area (Å²) in [5, 5.41) is 2.98. The number of hydrogen-bond donors (Lipinski definition) is 1. The van der Waals surface area contributed by atoms with Crippen molar-refractivity contribution in [2.45, 2.75) is 40.0 Å². The van der Waals surface area contributed by atoms with Crippen LogP contribution in [-0.2, 0) is 17.6 Å². The molecule has 0 bridgehead atoms. The van der Waals surface area contributed by atoms with Crippen LogP contribution < -0.4 is 10.2 Å². The van der Waals surface area contributed by atoms with Gasteiger partial charge in [-0.2, -0.15) is 0 Å². The van der Waals surface area contributed by atoms with E-state index < -0.39 is 0 Å². The molecule has 4 rings (SSSR count). The van der Waals surface area contributed by atoms with Crippen LogP contribution in [0.4, 0.5) is 10.1 Å². The van der Waals surface area contributed by atoms with Crippen LogP contribution >= 0.6 is 0 Å². The molecule has 182 valence electrons. The molecular weight excluding hydrogens is 441 g/mol. The van der Waals surface area contributed by atoms with E-state index in [9.17, 15) is 14.0 Å². The molecule has 1 N–H and O–H groups in total. The Kier molecular flexibility index (Phi) is 7.59. The van der Waals surface area contributed by atoms with Crippen molar-refractivity contribution >= 4 is 17.5 Å². The second-order valence-corrected chi connectivity index (χ2v) is 9.57. The Labute approximate surface area is 206 Å². The lowest BCUT2D eigenvalue weighted by atomic mass is 9.84. The molecule has 2 amide bonds. The van der Waals surface area contributed by atoms with Crippen molar-refractivity contribution in [3.8, 4) is 0 Å². The third-order valence-electron chi connectivity index (χ3n) is 6.75. The van der Waals surface area contributed by atoms with E-state index in [1.165, 1.54) is 6.07 Å². The monoisotopic (exact) mass is 473 g/mol. The molecule has 2 atom stereocenters. The van der Waals surface area contributed by atoms with Crippen LogP contribution in [0, 0.1) is 31.5 Å². The molecule has 1 aliphatic heterocycles. The van der Waals surface area contributed by atoms with E-state index in [0.29, 0.717) is 30.6 Å². The van der Waals surface area contributed by atoms with Crippen LogP contribution in [0.3, 0.4) is 0 Å². The number of rotatable bonds is 7. The van der Waals surface area contributed by atoms with Crippen molar-refractivity contribution < 1.29 is 14.0 Å². The maximum absolute atomic E-state index is 14.3. The molecule has 1 saturated heterocycles. The van der Waals surface area contributed by atoms with Crippen LogP contribution in [0.1, 0.15) is 46.0 Å². The van der Waals surface area contributed by atoms with E-state index in [-0.39, 0.29) is 29.5 Å². The summed E-state index contributed by atoms with van der Waals surface area (Å²) in [5.74, 6) is -0.233. The van der Waals surface area contributed by atoms with Crippen LogP contribution in [0.25, 0.3) is 0 Å². The number of pyridine rings is 1. The molecule has 1 fully saturated rings. The molecule has 0 spiro atoms. The van der Waals surface area contributed by atoms with Crippen molar-refractivity contribution in [2.75, 3.05) is 18.0 Å². The average molecular weight is 474 g/mol. The zero-order valence-corrected chi connectivity index (χ0v) is 20.6. The maximum atomic E-state index is 14.3. The summed E-state index contributed by atoms with van der Waals surface area (Å²) in [6, 6.07) is 14.4. The van der Waals surface area contributed by atoms with Gasteiger partial charge in [-0.25, -0.2) is 4.39 Å². The summed E-state index contributed by atoms with van der Waals surface area (Å²) < 4.78 is 14.3. The lowest BCUT2D eigenvalue weighted by Crippen LogP contribution is -2.46. The minimum absolute atomic E-state index is 0.0792. The SMILES string of the molecule is Cc1cc(C(=O)NCCc2ccncc2)cc(C)c1N1C[C@@H](Cc2ccccc2F)C[C@@H](C)C1=O. The number of aryl methyl sites for hydroxylation is 2. The number of hydrogen-bond acceptors (Lipinski definition) is 3. The molecule has 0 radical (unpaired) electrons. The van der Waals surface area contributed by atoms with Crippen molar-refractivity contribution in [2.24, 2.45) is 11.8 Å². The van der Waals surface area contributed by atoms with Crippen LogP contribution in [0.5, 0.6) is 0 Å². The number of halogens is 1. The summed E-state index contributed by atoms with van der Waals surface area (Å²) in [7, 11) is 0. The zero-order valence-electron chi connectivity index (χ0n) is 20.6. The number of amides is 2. The molecule has 1 aromatic heterocycles. The number of nitrogens with zero attached hydrogens (tertiary/aromatic N) is 2. The van der Waals surface area contributed by atoms with Gasteiger partial charge in [0, 0.05) is 42.7 Å².